The Balaban J connectivity index is 2.69. The van der Waals surface area contributed by atoms with Gasteiger partial charge in [0.25, 0.3) is 0 Å². The van der Waals surface area contributed by atoms with Gasteiger partial charge in [0.15, 0.2) is 0 Å². The van der Waals surface area contributed by atoms with E-state index >= 15 is 0 Å². The van der Waals surface area contributed by atoms with Gasteiger partial charge in [0.2, 0.25) is 0 Å². The van der Waals surface area contributed by atoms with E-state index in [1.54, 1.807) is 25.1 Å². The summed E-state index contributed by atoms with van der Waals surface area (Å²) >= 11 is 17.0. The molecule has 0 saturated carbocycles. The van der Waals surface area contributed by atoms with Crippen LogP contribution in [0.3, 0.4) is 0 Å². The maximum Gasteiger partial charge on any atom is 0.137 e. The van der Waals surface area contributed by atoms with Crippen molar-refractivity contribution in [3.8, 4) is 5.69 Å². The SMILES string of the molecule is Cc1nn(-c2cc(Cl)ccc2Cl)c(N)c1C(N)=S. The molecular formula is C11H10Cl2N4S. The van der Waals surface area contributed by atoms with Crippen LogP contribution in [0.15, 0.2) is 18.2 Å². The highest BCUT2D eigenvalue weighted by molar-refractivity contribution is 7.80. The molecule has 0 saturated heterocycles. The fourth-order valence-corrected chi connectivity index (χ4v) is 2.30. The summed E-state index contributed by atoms with van der Waals surface area (Å²) in [5.41, 5.74) is 13.4. The molecule has 0 aliphatic heterocycles. The monoisotopic (exact) mass is 300 g/mol. The lowest BCUT2D eigenvalue weighted by atomic mass is 10.2. The summed E-state index contributed by atoms with van der Waals surface area (Å²) in [5.74, 6) is 0.351. The van der Waals surface area contributed by atoms with E-state index in [4.69, 9.17) is 46.9 Å². The average molecular weight is 301 g/mol. The van der Waals surface area contributed by atoms with Crippen LogP contribution in [0.1, 0.15) is 11.3 Å². The number of nitrogens with two attached hydrogens (primary N) is 2. The Morgan fingerprint density at radius 1 is 1.39 bits per heavy atom. The van der Waals surface area contributed by atoms with Crippen LogP contribution in [0.4, 0.5) is 5.82 Å². The van der Waals surface area contributed by atoms with Crippen molar-refractivity contribution in [2.24, 2.45) is 5.73 Å². The average Bonchev–Trinajstić information content (AvgIpc) is 2.57. The highest BCUT2D eigenvalue weighted by Gasteiger charge is 2.17. The lowest BCUT2D eigenvalue weighted by Crippen LogP contribution is -2.13. The molecule has 0 aliphatic carbocycles. The number of hydrogen-bond donors (Lipinski definition) is 2. The molecule has 7 heteroatoms. The molecule has 94 valence electrons. The second-order valence-electron chi connectivity index (χ2n) is 3.72. The minimum absolute atomic E-state index is 0.203. The number of benzene rings is 1. The van der Waals surface area contributed by atoms with Gasteiger partial charge in [-0.2, -0.15) is 5.10 Å². The van der Waals surface area contributed by atoms with Crippen molar-refractivity contribution in [1.82, 2.24) is 9.78 Å². The third kappa shape index (κ3) is 2.16. The summed E-state index contributed by atoms with van der Waals surface area (Å²) in [6.45, 7) is 1.78. The first-order valence-electron chi connectivity index (χ1n) is 5.02. The number of aryl methyl sites for hydroxylation is 1. The molecular weight excluding hydrogens is 291 g/mol. The van der Waals surface area contributed by atoms with E-state index in [-0.39, 0.29) is 4.99 Å². The molecule has 1 heterocycles. The topological polar surface area (TPSA) is 69.9 Å². The maximum absolute atomic E-state index is 6.10. The fourth-order valence-electron chi connectivity index (χ4n) is 1.68. The van der Waals surface area contributed by atoms with Gasteiger partial charge in [-0.1, -0.05) is 35.4 Å². The standard InChI is InChI=1S/C11H10Cl2N4S/c1-5-9(11(15)18)10(14)17(16-5)8-4-6(12)2-3-7(8)13/h2-4H,14H2,1H3,(H2,15,18). The number of thiocarbonyl (C=S) groups is 1. The van der Waals surface area contributed by atoms with Crippen LogP contribution < -0.4 is 11.5 Å². The number of halogens is 2. The van der Waals surface area contributed by atoms with Gasteiger partial charge in [-0.3, -0.25) is 0 Å². The van der Waals surface area contributed by atoms with Gasteiger partial charge < -0.3 is 11.5 Å². The van der Waals surface area contributed by atoms with Crippen LogP contribution in [-0.2, 0) is 0 Å². The van der Waals surface area contributed by atoms with E-state index in [1.165, 1.54) is 4.68 Å². The second-order valence-corrected chi connectivity index (χ2v) is 5.00. The van der Waals surface area contributed by atoms with Crippen LogP contribution >= 0.6 is 35.4 Å². The zero-order valence-corrected chi connectivity index (χ0v) is 11.8. The van der Waals surface area contributed by atoms with E-state index in [0.29, 0.717) is 32.8 Å². The third-order valence-electron chi connectivity index (χ3n) is 2.48. The van der Waals surface area contributed by atoms with Gasteiger partial charge in [0.1, 0.15) is 10.8 Å². The number of nitrogens with zero attached hydrogens (tertiary/aromatic N) is 2. The molecule has 0 aliphatic rings. The van der Waals surface area contributed by atoms with E-state index in [2.05, 4.69) is 5.10 Å². The van der Waals surface area contributed by atoms with Gasteiger partial charge >= 0.3 is 0 Å². The molecule has 2 rings (SSSR count). The summed E-state index contributed by atoms with van der Waals surface area (Å²) in [6, 6.07) is 5.04. The lowest BCUT2D eigenvalue weighted by Gasteiger charge is -2.07. The molecule has 4 N–H and O–H groups in total. The minimum atomic E-state index is 0.203. The predicted molar refractivity (Wildman–Crippen MR) is 78.6 cm³/mol. The van der Waals surface area contributed by atoms with Gasteiger partial charge in [-0.05, 0) is 25.1 Å². The van der Waals surface area contributed by atoms with Crippen molar-refractivity contribution < 1.29 is 0 Å². The molecule has 0 bridgehead atoms. The first-order valence-corrected chi connectivity index (χ1v) is 6.18. The number of hydrogen-bond acceptors (Lipinski definition) is 3. The molecule has 1 aromatic heterocycles. The van der Waals surface area contributed by atoms with E-state index < -0.39 is 0 Å². The highest BCUT2D eigenvalue weighted by atomic mass is 35.5. The Morgan fingerprint density at radius 3 is 2.61 bits per heavy atom. The summed E-state index contributed by atoms with van der Waals surface area (Å²) < 4.78 is 1.48. The first-order chi connectivity index (χ1) is 8.41. The Hall–Kier alpha value is -1.30. The first kappa shape index (κ1) is 13.1. The molecule has 4 nitrogen and oxygen atoms in total. The smallest absolute Gasteiger partial charge is 0.137 e. The molecule has 18 heavy (non-hydrogen) atoms. The minimum Gasteiger partial charge on any atom is -0.389 e. The molecule has 0 spiro atoms. The zero-order valence-electron chi connectivity index (χ0n) is 9.45. The van der Waals surface area contributed by atoms with Crippen LogP contribution in [0.5, 0.6) is 0 Å². The summed E-state index contributed by atoms with van der Waals surface area (Å²) in [7, 11) is 0. The summed E-state index contributed by atoms with van der Waals surface area (Å²) in [4.78, 5) is 0.203. The largest absolute Gasteiger partial charge is 0.389 e. The second kappa shape index (κ2) is 4.76. The Labute approximate surface area is 119 Å². The van der Waals surface area contributed by atoms with Crippen molar-refractivity contribution in [2.75, 3.05) is 5.73 Å². The summed E-state index contributed by atoms with van der Waals surface area (Å²) in [6.07, 6.45) is 0. The van der Waals surface area contributed by atoms with Crippen molar-refractivity contribution in [3.63, 3.8) is 0 Å². The molecule has 0 fully saturated rings. The quantitative estimate of drug-likeness (QED) is 0.837. The number of rotatable bonds is 2. The normalized spacial score (nSPS) is 10.6. The fraction of sp³-hybridized carbons (Fsp3) is 0.0909. The van der Waals surface area contributed by atoms with Crippen molar-refractivity contribution >= 4 is 46.2 Å². The van der Waals surface area contributed by atoms with Gasteiger partial charge in [0.05, 0.1) is 22.0 Å². The summed E-state index contributed by atoms with van der Waals surface area (Å²) in [5, 5.41) is 5.31. The van der Waals surface area contributed by atoms with Gasteiger partial charge in [-0.25, -0.2) is 4.68 Å². The molecule has 1 aromatic carbocycles. The predicted octanol–water partition coefficient (Wildman–Crippen LogP) is 2.70. The lowest BCUT2D eigenvalue weighted by molar-refractivity contribution is 0.872. The van der Waals surface area contributed by atoms with Crippen LogP contribution in [0, 0.1) is 6.92 Å². The number of aromatic nitrogens is 2. The van der Waals surface area contributed by atoms with E-state index in [0.717, 1.165) is 0 Å². The van der Waals surface area contributed by atoms with Crippen LogP contribution in [0.25, 0.3) is 5.69 Å². The van der Waals surface area contributed by atoms with Crippen LogP contribution in [-0.4, -0.2) is 14.8 Å². The third-order valence-corrected chi connectivity index (χ3v) is 3.24. The van der Waals surface area contributed by atoms with Crippen molar-refractivity contribution in [1.29, 1.82) is 0 Å². The highest BCUT2D eigenvalue weighted by Crippen LogP contribution is 2.28. The number of nitrogen functional groups attached to an aromatic ring is 1. The van der Waals surface area contributed by atoms with Gasteiger partial charge in [-0.15, -0.1) is 0 Å². The zero-order chi connectivity index (χ0) is 13.4. The van der Waals surface area contributed by atoms with Crippen molar-refractivity contribution in [2.45, 2.75) is 6.92 Å². The van der Waals surface area contributed by atoms with E-state index in [1.807, 2.05) is 0 Å². The maximum atomic E-state index is 6.10. The Morgan fingerprint density at radius 2 is 2.06 bits per heavy atom. The Kier molecular flexibility index (Phi) is 3.47. The van der Waals surface area contributed by atoms with E-state index in [9.17, 15) is 0 Å². The Bertz CT molecular complexity index is 636. The van der Waals surface area contributed by atoms with Gasteiger partial charge in [0, 0.05) is 5.02 Å². The molecule has 0 atom stereocenters. The molecule has 0 unspecified atom stereocenters. The molecule has 2 aromatic rings. The molecule has 0 amide bonds. The number of anilines is 1. The van der Waals surface area contributed by atoms with Crippen molar-refractivity contribution in [3.05, 3.63) is 39.5 Å². The molecule has 0 radical (unpaired) electrons. The van der Waals surface area contributed by atoms with Crippen LogP contribution in [0.2, 0.25) is 10.0 Å².